The van der Waals surface area contributed by atoms with Crippen LogP contribution in [-0.2, 0) is 0 Å². The highest BCUT2D eigenvalue weighted by atomic mass is 19.1. The quantitative estimate of drug-likeness (QED) is 0.925. The summed E-state index contributed by atoms with van der Waals surface area (Å²) >= 11 is 0. The van der Waals surface area contributed by atoms with Crippen LogP contribution in [0.4, 0.5) is 20.2 Å². The van der Waals surface area contributed by atoms with Crippen LogP contribution in [0.15, 0.2) is 36.5 Å². The Balaban J connectivity index is 1.72. The van der Waals surface area contributed by atoms with Crippen molar-refractivity contribution in [3.05, 3.63) is 53.9 Å². The number of carbonyl (C=O) groups excluding carboxylic acids is 1. The number of nitrogens with zero attached hydrogens (tertiary/aromatic N) is 3. The fraction of sp³-hybridized carbons (Fsp3) is 0.333. The lowest BCUT2D eigenvalue weighted by atomic mass is 10.2. The molecule has 2 heterocycles. The lowest BCUT2D eigenvalue weighted by Gasteiger charge is -2.33. The third kappa shape index (κ3) is 4.11. The second-order valence-electron chi connectivity index (χ2n) is 5.91. The van der Waals surface area contributed by atoms with Gasteiger partial charge in [-0.25, -0.2) is 8.78 Å². The number of hydrogen-bond donors (Lipinski definition) is 1. The number of nitrogens with one attached hydrogen (secondary N) is 1. The Kier molecular flexibility index (Phi) is 5.23. The average Bonchev–Trinajstić information content (AvgIpc) is 2.64. The molecule has 1 saturated heterocycles. The molecule has 1 aliphatic heterocycles. The molecular weight excluding hydrogens is 326 g/mol. The van der Waals surface area contributed by atoms with Crippen LogP contribution in [0.3, 0.4) is 0 Å². The minimum absolute atomic E-state index is 0.140. The van der Waals surface area contributed by atoms with E-state index in [0.717, 1.165) is 25.7 Å². The van der Waals surface area contributed by atoms with E-state index in [1.54, 1.807) is 17.0 Å². The maximum absolute atomic E-state index is 13.8. The number of benzene rings is 1. The van der Waals surface area contributed by atoms with Gasteiger partial charge in [-0.05, 0) is 30.8 Å². The lowest BCUT2D eigenvalue weighted by Crippen LogP contribution is -2.48. The summed E-state index contributed by atoms with van der Waals surface area (Å²) in [6.07, 6.45) is 1.50. The molecule has 1 N–H and O–H groups in total. The van der Waals surface area contributed by atoms with E-state index in [-0.39, 0.29) is 11.6 Å². The Morgan fingerprint density at radius 1 is 1.16 bits per heavy atom. The van der Waals surface area contributed by atoms with E-state index < -0.39 is 11.6 Å². The molecule has 25 heavy (non-hydrogen) atoms. The van der Waals surface area contributed by atoms with Crippen LogP contribution in [0, 0.1) is 11.6 Å². The molecule has 5 nitrogen and oxygen atoms in total. The van der Waals surface area contributed by atoms with Crippen molar-refractivity contribution in [2.75, 3.05) is 38.0 Å². The van der Waals surface area contributed by atoms with Gasteiger partial charge in [-0.15, -0.1) is 0 Å². The summed E-state index contributed by atoms with van der Waals surface area (Å²) in [5, 5.41) is 2.85. The van der Waals surface area contributed by atoms with Crippen molar-refractivity contribution in [1.82, 2.24) is 14.8 Å². The van der Waals surface area contributed by atoms with Gasteiger partial charge >= 0.3 is 0 Å². The van der Waals surface area contributed by atoms with Crippen molar-refractivity contribution >= 4 is 17.3 Å². The molecule has 7 heteroatoms. The van der Waals surface area contributed by atoms with Crippen molar-refractivity contribution in [1.29, 1.82) is 0 Å². The number of amides is 1. The van der Waals surface area contributed by atoms with E-state index in [1.807, 2.05) is 0 Å². The van der Waals surface area contributed by atoms with Crippen LogP contribution in [0.1, 0.15) is 17.4 Å². The molecule has 2 aromatic rings. The fourth-order valence-corrected chi connectivity index (χ4v) is 2.80. The molecule has 0 saturated carbocycles. The molecule has 1 aromatic carbocycles. The normalized spacial score (nSPS) is 15.2. The monoisotopic (exact) mass is 346 g/mol. The van der Waals surface area contributed by atoms with E-state index in [0.29, 0.717) is 24.5 Å². The van der Waals surface area contributed by atoms with Gasteiger partial charge in [-0.2, -0.15) is 0 Å². The van der Waals surface area contributed by atoms with E-state index in [2.05, 4.69) is 22.1 Å². The zero-order valence-electron chi connectivity index (χ0n) is 14.0. The first-order chi connectivity index (χ1) is 12.1. The van der Waals surface area contributed by atoms with Gasteiger partial charge in [0.25, 0.3) is 5.91 Å². The number of aromatic nitrogens is 1. The summed E-state index contributed by atoms with van der Waals surface area (Å²) in [6.45, 7) is 6.10. The van der Waals surface area contributed by atoms with Crippen LogP contribution in [0.2, 0.25) is 0 Å². The molecule has 0 aliphatic carbocycles. The minimum atomic E-state index is -0.694. The molecule has 3 rings (SSSR count). The Bertz CT molecular complexity index is 760. The summed E-state index contributed by atoms with van der Waals surface area (Å²) in [7, 11) is 0. The highest BCUT2D eigenvalue weighted by Gasteiger charge is 2.22. The molecule has 132 valence electrons. The minimum Gasteiger partial charge on any atom is -0.353 e. The number of pyridine rings is 1. The number of halogens is 2. The first-order valence-electron chi connectivity index (χ1n) is 8.26. The average molecular weight is 346 g/mol. The number of likely N-dealkylation sites (N-methyl/N-ethyl adjacent to an activating group) is 1. The molecule has 0 bridgehead atoms. The van der Waals surface area contributed by atoms with Crippen molar-refractivity contribution in [2.24, 2.45) is 0 Å². The first kappa shape index (κ1) is 17.3. The van der Waals surface area contributed by atoms with Crippen LogP contribution in [0.25, 0.3) is 0 Å². The number of hydrogen-bond acceptors (Lipinski definition) is 4. The van der Waals surface area contributed by atoms with Crippen molar-refractivity contribution in [2.45, 2.75) is 6.92 Å². The lowest BCUT2D eigenvalue weighted by molar-refractivity contribution is 0.0637. The van der Waals surface area contributed by atoms with Crippen LogP contribution >= 0.6 is 0 Å². The third-order valence-corrected chi connectivity index (χ3v) is 4.30. The summed E-state index contributed by atoms with van der Waals surface area (Å²) in [6, 6.07) is 6.51. The van der Waals surface area contributed by atoms with Crippen molar-refractivity contribution in [3.8, 4) is 0 Å². The van der Waals surface area contributed by atoms with E-state index >= 15 is 0 Å². The first-order valence-corrected chi connectivity index (χ1v) is 8.26. The fourth-order valence-electron chi connectivity index (χ4n) is 2.80. The molecule has 0 spiro atoms. The molecule has 0 atom stereocenters. The Labute approximate surface area is 145 Å². The van der Waals surface area contributed by atoms with Gasteiger partial charge in [0.2, 0.25) is 0 Å². The summed E-state index contributed by atoms with van der Waals surface area (Å²) in [4.78, 5) is 20.8. The number of piperazine rings is 1. The van der Waals surface area contributed by atoms with Crippen LogP contribution in [-0.4, -0.2) is 53.4 Å². The predicted molar refractivity (Wildman–Crippen MR) is 91.9 cm³/mol. The Morgan fingerprint density at radius 3 is 2.60 bits per heavy atom. The predicted octanol–water partition coefficient (Wildman–Crippen LogP) is 2.88. The summed E-state index contributed by atoms with van der Waals surface area (Å²) in [5.74, 6) is -1.47. The number of carbonyl (C=O) groups is 1. The van der Waals surface area contributed by atoms with Gasteiger partial charge < -0.3 is 15.1 Å². The second-order valence-corrected chi connectivity index (χ2v) is 5.91. The highest BCUT2D eigenvalue weighted by Crippen LogP contribution is 2.21. The zero-order valence-corrected chi connectivity index (χ0v) is 14.0. The topological polar surface area (TPSA) is 48.5 Å². The van der Waals surface area contributed by atoms with Gasteiger partial charge in [0.15, 0.2) is 0 Å². The van der Waals surface area contributed by atoms with Crippen LogP contribution < -0.4 is 5.32 Å². The highest BCUT2D eigenvalue weighted by molar-refractivity contribution is 5.93. The maximum Gasteiger partial charge on any atom is 0.272 e. The molecular formula is C18H20F2N4O. The second kappa shape index (κ2) is 7.57. The molecule has 1 fully saturated rings. The summed E-state index contributed by atoms with van der Waals surface area (Å²) < 4.78 is 26.7. The van der Waals surface area contributed by atoms with E-state index in [9.17, 15) is 13.6 Å². The van der Waals surface area contributed by atoms with Gasteiger partial charge in [-0.1, -0.05) is 6.92 Å². The van der Waals surface area contributed by atoms with Gasteiger partial charge in [0.1, 0.15) is 17.3 Å². The van der Waals surface area contributed by atoms with Gasteiger partial charge in [-0.3, -0.25) is 9.78 Å². The van der Waals surface area contributed by atoms with Crippen LogP contribution in [0.5, 0.6) is 0 Å². The van der Waals surface area contributed by atoms with Gasteiger partial charge in [0, 0.05) is 44.1 Å². The van der Waals surface area contributed by atoms with Crippen molar-refractivity contribution in [3.63, 3.8) is 0 Å². The standard InChI is InChI=1S/C18H20F2N4O/c1-2-23-7-9-24(10-8-23)18(25)17-12-14(5-6-21-17)22-16-4-3-13(19)11-15(16)20/h3-6,11-12H,2,7-10H2,1H3,(H,21,22). The smallest absolute Gasteiger partial charge is 0.272 e. The molecule has 1 aromatic heterocycles. The zero-order chi connectivity index (χ0) is 17.8. The largest absolute Gasteiger partial charge is 0.353 e. The molecule has 1 aliphatic rings. The van der Waals surface area contributed by atoms with Gasteiger partial charge in [0.05, 0.1) is 5.69 Å². The van der Waals surface area contributed by atoms with E-state index in [4.69, 9.17) is 0 Å². The Morgan fingerprint density at radius 2 is 1.92 bits per heavy atom. The molecule has 1 amide bonds. The van der Waals surface area contributed by atoms with E-state index in [1.165, 1.54) is 18.3 Å². The van der Waals surface area contributed by atoms with Crippen molar-refractivity contribution < 1.29 is 13.6 Å². The Hall–Kier alpha value is -2.54. The summed E-state index contributed by atoms with van der Waals surface area (Å²) in [5.41, 5.74) is 0.969. The maximum atomic E-state index is 13.8. The number of anilines is 2. The molecule has 0 radical (unpaired) electrons. The third-order valence-electron chi connectivity index (χ3n) is 4.30. The SMILES string of the molecule is CCN1CCN(C(=O)c2cc(Nc3ccc(F)cc3F)ccn2)CC1. The molecule has 0 unspecified atom stereocenters. The number of rotatable bonds is 4.